The minimum absolute atomic E-state index is 0.271. The van der Waals surface area contributed by atoms with Gasteiger partial charge in [-0.1, -0.05) is 27.7 Å². The number of carbonyl (C=O) groups is 1. The topological polar surface area (TPSA) is 26.3 Å². The first-order valence-corrected chi connectivity index (χ1v) is 11.7. The number of hydrogen-bond acceptors (Lipinski definition) is 2. The second-order valence-electron chi connectivity index (χ2n) is 9.48. The van der Waals surface area contributed by atoms with E-state index in [-0.39, 0.29) is 5.04 Å². The third-order valence-electron chi connectivity index (χ3n) is 7.08. The summed E-state index contributed by atoms with van der Waals surface area (Å²) in [6, 6.07) is 0. The van der Waals surface area contributed by atoms with E-state index < -0.39 is 8.32 Å². The van der Waals surface area contributed by atoms with Crippen LogP contribution in [0.3, 0.4) is 0 Å². The minimum atomic E-state index is -1.71. The van der Waals surface area contributed by atoms with Gasteiger partial charge in [0, 0.05) is 18.4 Å². The Labute approximate surface area is 131 Å². The van der Waals surface area contributed by atoms with Gasteiger partial charge in [0.2, 0.25) is 0 Å². The van der Waals surface area contributed by atoms with Crippen molar-refractivity contribution in [1.82, 2.24) is 0 Å². The molecule has 6 atom stereocenters. The lowest BCUT2D eigenvalue weighted by Crippen LogP contribution is -2.46. The zero-order chi connectivity index (χ0) is 15.6. The molecule has 0 N–H and O–H groups in total. The van der Waals surface area contributed by atoms with Crippen LogP contribution in [-0.2, 0) is 9.22 Å². The molecule has 3 aliphatic carbocycles. The predicted molar refractivity (Wildman–Crippen MR) is 88.7 cm³/mol. The van der Waals surface area contributed by atoms with E-state index >= 15 is 0 Å². The monoisotopic (exact) mass is 308 g/mol. The molecule has 3 heteroatoms. The molecule has 3 rings (SSSR count). The largest absolute Gasteiger partial charge is 0.414 e. The summed E-state index contributed by atoms with van der Waals surface area (Å²) in [5, 5.41) is 0.271. The summed E-state index contributed by atoms with van der Waals surface area (Å²) in [7, 11) is -1.71. The van der Waals surface area contributed by atoms with Gasteiger partial charge in [0.15, 0.2) is 8.32 Å². The summed E-state index contributed by atoms with van der Waals surface area (Å²) in [5.41, 5.74) is 0. The second-order valence-corrected chi connectivity index (χ2v) is 14.2. The molecule has 21 heavy (non-hydrogen) atoms. The first-order valence-electron chi connectivity index (χ1n) is 8.80. The number of rotatable bonds is 2. The lowest BCUT2D eigenvalue weighted by Gasteiger charge is -2.42. The molecule has 0 unspecified atom stereocenters. The highest BCUT2D eigenvalue weighted by molar-refractivity contribution is 6.74. The van der Waals surface area contributed by atoms with Gasteiger partial charge in [0.25, 0.3) is 0 Å². The van der Waals surface area contributed by atoms with Crippen LogP contribution in [0, 0.1) is 29.6 Å². The first-order chi connectivity index (χ1) is 9.60. The zero-order valence-corrected chi connectivity index (χ0v) is 15.6. The van der Waals surface area contributed by atoms with Gasteiger partial charge >= 0.3 is 0 Å². The van der Waals surface area contributed by atoms with Crippen LogP contribution < -0.4 is 0 Å². The summed E-state index contributed by atoms with van der Waals surface area (Å²) < 4.78 is 6.76. The summed E-state index contributed by atoms with van der Waals surface area (Å²) in [5.74, 6) is 3.60. The van der Waals surface area contributed by atoms with E-state index in [9.17, 15) is 4.79 Å². The van der Waals surface area contributed by atoms with Crippen molar-refractivity contribution in [3.05, 3.63) is 0 Å². The van der Waals surface area contributed by atoms with Gasteiger partial charge in [-0.25, -0.2) is 0 Å². The van der Waals surface area contributed by atoms with Crippen LogP contribution in [-0.4, -0.2) is 20.2 Å². The maximum Gasteiger partial charge on any atom is 0.192 e. The van der Waals surface area contributed by atoms with Crippen molar-refractivity contribution in [2.24, 2.45) is 29.6 Å². The van der Waals surface area contributed by atoms with Gasteiger partial charge in [0.05, 0.1) is 0 Å². The Balaban J connectivity index is 1.76. The molecule has 0 aliphatic heterocycles. The highest BCUT2D eigenvalue weighted by atomic mass is 28.4. The molecule has 0 radical (unpaired) electrons. The summed E-state index contributed by atoms with van der Waals surface area (Å²) in [6.07, 6.45) is 4.92. The van der Waals surface area contributed by atoms with Crippen LogP contribution in [0.5, 0.6) is 0 Å². The van der Waals surface area contributed by atoms with Crippen molar-refractivity contribution >= 4 is 14.1 Å². The van der Waals surface area contributed by atoms with E-state index in [1.165, 1.54) is 12.8 Å². The van der Waals surface area contributed by atoms with E-state index in [0.29, 0.717) is 41.5 Å². The Bertz CT molecular complexity index is 437. The minimum Gasteiger partial charge on any atom is -0.414 e. The van der Waals surface area contributed by atoms with E-state index in [4.69, 9.17) is 4.43 Å². The van der Waals surface area contributed by atoms with Gasteiger partial charge in [-0.2, -0.15) is 0 Å². The zero-order valence-electron chi connectivity index (χ0n) is 14.6. The summed E-state index contributed by atoms with van der Waals surface area (Å²) in [6.45, 7) is 14.0. The molecule has 0 heterocycles. The summed E-state index contributed by atoms with van der Waals surface area (Å²) in [4.78, 5) is 12.2. The van der Waals surface area contributed by atoms with E-state index in [2.05, 4.69) is 40.8 Å². The molecule has 120 valence electrons. The Hall–Kier alpha value is -0.153. The Kier molecular flexibility index (Phi) is 3.69. The van der Waals surface area contributed by atoms with Crippen LogP contribution in [0.2, 0.25) is 18.1 Å². The van der Waals surface area contributed by atoms with E-state index in [1.54, 1.807) is 0 Å². The number of carbonyl (C=O) groups excluding carboxylic acids is 1. The number of ketones is 1. The smallest absolute Gasteiger partial charge is 0.192 e. The van der Waals surface area contributed by atoms with Crippen molar-refractivity contribution in [3.63, 3.8) is 0 Å². The SMILES string of the molecule is C[C@H]1C[C@@H]2[C@@H]3CC(=O)[C@H]2[C@@H](C3)C[C@@H]1O[Si](C)(C)C(C)(C)C. The maximum atomic E-state index is 12.2. The van der Waals surface area contributed by atoms with Crippen molar-refractivity contribution < 1.29 is 9.22 Å². The molecular formula is C18H32O2Si. The van der Waals surface area contributed by atoms with Crippen LogP contribution in [0.1, 0.15) is 53.4 Å². The highest BCUT2D eigenvalue weighted by Gasteiger charge is 2.56. The molecule has 0 aromatic heterocycles. The van der Waals surface area contributed by atoms with Crippen LogP contribution in [0.15, 0.2) is 0 Å². The Morgan fingerprint density at radius 2 is 1.76 bits per heavy atom. The third kappa shape index (κ3) is 2.54. The van der Waals surface area contributed by atoms with Gasteiger partial charge in [-0.05, 0) is 61.1 Å². The van der Waals surface area contributed by atoms with Crippen molar-refractivity contribution in [2.45, 2.75) is 77.6 Å². The normalized spacial score (nSPS) is 43.2. The first kappa shape index (κ1) is 15.7. The van der Waals surface area contributed by atoms with Crippen molar-refractivity contribution in [3.8, 4) is 0 Å². The van der Waals surface area contributed by atoms with Crippen molar-refractivity contribution in [1.29, 1.82) is 0 Å². The average molecular weight is 309 g/mol. The highest BCUT2D eigenvalue weighted by Crippen LogP contribution is 2.57. The van der Waals surface area contributed by atoms with Crippen LogP contribution >= 0.6 is 0 Å². The molecular weight excluding hydrogens is 276 g/mol. The standard InChI is InChI=1S/C18H32O2Si/c1-11-7-14-12-8-13(17(14)15(19)9-12)10-16(11)20-21(5,6)18(2,3)4/h11-14,16-17H,7-10H2,1-6H3/t11-,12-,13-,14+,16-,17-/m0/s1. The molecule has 0 aromatic carbocycles. The predicted octanol–water partition coefficient (Wildman–Crippen LogP) is 4.65. The van der Waals surface area contributed by atoms with Gasteiger partial charge in [0.1, 0.15) is 5.78 Å². The van der Waals surface area contributed by atoms with E-state index in [0.717, 1.165) is 12.8 Å². The van der Waals surface area contributed by atoms with Crippen LogP contribution in [0.25, 0.3) is 0 Å². The van der Waals surface area contributed by atoms with Gasteiger partial charge in [-0.15, -0.1) is 0 Å². The molecule has 4 bridgehead atoms. The second kappa shape index (κ2) is 4.92. The number of hydrogen-bond donors (Lipinski definition) is 0. The van der Waals surface area contributed by atoms with Crippen molar-refractivity contribution in [2.75, 3.05) is 0 Å². The molecule has 0 amide bonds. The quantitative estimate of drug-likeness (QED) is 0.694. The molecule has 3 aliphatic rings. The fourth-order valence-electron chi connectivity index (χ4n) is 4.90. The molecule has 2 nitrogen and oxygen atoms in total. The molecule has 0 saturated heterocycles. The Morgan fingerprint density at radius 3 is 2.38 bits per heavy atom. The van der Waals surface area contributed by atoms with E-state index in [1.807, 2.05) is 0 Å². The molecule has 3 saturated carbocycles. The average Bonchev–Trinajstić information content (AvgIpc) is 2.73. The third-order valence-corrected chi connectivity index (χ3v) is 11.6. The fraction of sp³-hybridized carbons (Fsp3) is 0.944. The molecule has 3 fully saturated rings. The molecule has 0 spiro atoms. The van der Waals surface area contributed by atoms with Gasteiger partial charge < -0.3 is 4.43 Å². The molecule has 0 aromatic rings. The maximum absolute atomic E-state index is 12.2. The lowest BCUT2D eigenvalue weighted by atomic mass is 9.82. The van der Waals surface area contributed by atoms with Gasteiger partial charge in [-0.3, -0.25) is 4.79 Å². The lowest BCUT2D eigenvalue weighted by molar-refractivity contribution is -0.123. The Morgan fingerprint density at radius 1 is 1.10 bits per heavy atom. The fourth-order valence-corrected chi connectivity index (χ4v) is 6.34. The summed E-state index contributed by atoms with van der Waals surface area (Å²) >= 11 is 0. The number of Topliss-reactive ketones (excluding diaryl/α,β-unsaturated/α-hetero) is 1. The van der Waals surface area contributed by atoms with Crippen LogP contribution in [0.4, 0.5) is 0 Å².